The molecule has 34 heavy (non-hydrogen) atoms. The number of amides is 1. The van der Waals surface area contributed by atoms with Crippen molar-refractivity contribution in [1.82, 2.24) is 15.0 Å². The number of halogens is 4. The molecule has 8 nitrogen and oxygen atoms in total. The number of benzene rings is 2. The summed E-state index contributed by atoms with van der Waals surface area (Å²) in [5.74, 6) is -2.71. The molecule has 0 spiro atoms. The lowest BCUT2D eigenvalue weighted by molar-refractivity contribution is -0.157. The molecule has 2 aromatic carbocycles. The van der Waals surface area contributed by atoms with Gasteiger partial charge in [0.1, 0.15) is 5.69 Å². The minimum Gasteiger partial charge on any atom is -0.435 e. The van der Waals surface area contributed by atoms with E-state index in [1.165, 1.54) is 12.1 Å². The molecule has 0 aliphatic rings. The lowest BCUT2D eigenvalue weighted by atomic mass is 9.99. The van der Waals surface area contributed by atoms with E-state index in [4.69, 9.17) is 21.2 Å². The van der Waals surface area contributed by atoms with Crippen molar-refractivity contribution >= 4 is 27.7 Å². The molecule has 1 amide bonds. The van der Waals surface area contributed by atoms with Gasteiger partial charge in [0.2, 0.25) is 5.91 Å². The molecule has 0 aliphatic carbocycles. The highest BCUT2D eigenvalue weighted by molar-refractivity contribution is 7.87. The first-order valence-corrected chi connectivity index (χ1v) is 11.7. The third-order valence-corrected chi connectivity index (χ3v) is 5.59. The Balaban J connectivity index is 1.73. The minimum absolute atomic E-state index is 0.0149. The number of carbonyl (C=O) groups is 1. The average molecular weight is 517 g/mol. The second-order valence-corrected chi connectivity index (χ2v) is 9.16. The summed E-state index contributed by atoms with van der Waals surface area (Å²) in [6.45, 7) is 1.27. The monoisotopic (exact) mass is 516 g/mol. The highest BCUT2D eigenvalue weighted by Crippen LogP contribution is 2.34. The molecule has 1 unspecified atom stereocenters. The van der Waals surface area contributed by atoms with E-state index in [2.05, 4.69) is 15.0 Å². The van der Waals surface area contributed by atoms with Gasteiger partial charge in [-0.15, -0.1) is 0 Å². The second kappa shape index (κ2) is 10.1. The van der Waals surface area contributed by atoms with Crippen molar-refractivity contribution in [3.8, 4) is 11.3 Å². The van der Waals surface area contributed by atoms with Crippen molar-refractivity contribution in [2.24, 2.45) is 5.14 Å². The molecule has 0 bridgehead atoms. The number of oxazole rings is 1. The van der Waals surface area contributed by atoms with Crippen LogP contribution in [0.5, 0.6) is 0 Å². The molecule has 0 radical (unpaired) electrons. The fourth-order valence-corrected chi connectivity index (χ4v) is 3.59. The Kier molecular flexibility index (Phi) is 7.66. The van der Waals surface area contributed by atoms with Crippen molar-refractivity contribution in [1.29, 1.82) is 0 Å². The molecule has 1 atom stereocenters. The highest BCUT2D eigenvalue weighted by atomic mass is 35.5. The van der Waals surface area contributed by atoms with Crippen LogP contribution in [-0.2, 0) is 34.3 Å². The topological polar surface area (TPSA) is 127 Å². The molecule has 0 fully saturated rings. The fraction of sp³-hybridized carbons (Fsp3) is 0.238. The van der Waals surface area contributed by atoms with E-state index < -0.39 is 34.1 Å². The summed E-state index contributed by atoms with van der Waals surface area (Å²) in [5, 5.41) is 7.76. The van der Waals surface area contributed by atoms with Gasteiger partial charge in [-0.25, -0.2) is 10.1 Å². The summed E-state index contributed by atoms with van der Waals surface area (Å²) in [7, 11) is -3.84. The second-order valence-electron chi connectivity index (χ2n) is 7.35. The molecular weight excluding hydrogens is 497 g/mol. The van der Waals surface area contributed by atoms with E-state index in [1.54, 1.807) is 43.3 Å². The van der Waals surface area contributed by atoms with Crippen LogP contribution in [0, 0.1) is 0 Å². The van der Waals surface area contributed by atoms with Crippen molar-refractivity contribution in [3.05, 3.63) is 76.3 Å². The van der Waals surface area contributed by atoms with Crippen LogP contribution in [0.25, 0.3) is 11.3 Å². The van der Waals surface area contributed by atoms with Gasteiger partial charge in [0, 0.05) is 17.1 Å². The van der Waals surface area contributed by atoms with Crippen LogP contribution in [-0.4, -0.2) is 19.3 Å². The smallest absolute Gasteiger partial charge is 0.435 e. The predicted molar refractivity (Wildman–Crippen MR) is 119 cm³/mol. The average Bonchev–Trinajstić information content (AvgIpc) is 3.20. The lowest BCUT2D eigenvalue weighted by Gasteiger charge is -2.13. The first kappa shape index (κ1) is 25.7. The normalized spacial score (nSPS) is 13.0. The van der Waals surface area contributed by atoms with Gasteiger partial charge in [-0.3, -0.25) is 4.79 Å². The van der Waals surface area contributed by atoms with Gasteiger partial charge in [-0.2, -0.15) is 26.3 Å². The van der Waals surface area contributed by atoms with E-state index in [-0.39, 0.29) is 24.5 Å². The van der Waals surface area contributed by atoms with Gasteiger partial charge in [0.15, 0.2) is 5.76 Å². The van der Waals surface area contributed by atoms with Crippen LogP contribution in [0.4, 0.5) is 13.2 Å². The summed E-state index contributed by atoms with van der Waals surface area (Å²) in [5.41, 5.74) is 1.47. The Morgan fingerprint density at radius 1 is 1.18 bits per heavy atom. The Hall–Kier alpha value is -2.93. The van der Waals surface area contributed by atoms with Gasteiger partial charge >= 0.3 is 12.1 Å². The number of nitrogens with zero attached hydrogens (tertiary/aromatic N) is 1. The Morgan fingerprint density at radius 2 is 1.85 bits per heavy atom. The highest BCUT2D eigenvalue weighted by Gasteiger charge is 2.38. The first-order valence-electron chi connectivity index (χ1n) is 9.80. The van der Waals surface area contributed by atoms with Crippen molar-refractivity contribution in [2.45, 2.75) is 32.1 Å². The Labute approximate surface area is 198 Å². The Bertz CT molecular complexity index is 1280. The molecule has 3 aromatic rings. The van der Waals surface area contributed by atoms with Gasteiger partial charge in [0.05, 0.1) is 12.5 Å². The maximum absolute atomic E-state index is 13.2. The van der Waals surface area contributed by atoms with E-state index in [0.29, 0.717) is 21.7 Å². The van der Waals surface area contributed by atoms with Crippen LogP contribution in [0.2, 0.25) is 5.02 Å². The number of carbonyl (C=O) groups excluding carboxylic acids is 1. The maximum Gasteiger partial charge on any atom is 0.468 e. The summed E-state index contributed by atoms with van der Waals surface area (Å²) in [6.07, 6.45) is -4.80. The van der Waals surface area contributed by atoms with E-state index in [0.717, 1.165) is 0 Å². The van der Waals surface area contributed by atoms with Crippen molar-refractivity contribution in [2.75, 3.05) is 0 Å². The SMILES string of the molecule is CC(C(=O)NCc1oc(C(F)(F)F)nc1-c1cccc(Cl)c1)c1ccc(CNS(N)(=O)=O)cc1. The Morgan fingerprint density at radius 3 is 2.44 bits per heavy atom. The summed E-state index contributed by atoms with van der Waals surface area (Å²) >= 11 is 5.94. The molecular formula is C21H20ClF3N4O4S. The fourth-order valence-electron chi connectivity index (χ4n) is 3.03. The molecule has 13 heteroatoms. The van der Waals surface area contributed by atoms with E-state index >= 15 is 0 Å². The van der Waals surface area contributed by atoms with Crippen molar-refractivity contribution < 1.29 is 30.8 Å². The van der Waals surface area contributed by atoms with Crippen LogP contribution in [0.3, 0.4) is 0 Å². The van der Waals surface area contributed by atoms with E-state index in [9.17, 15) is 26.4 Å². The van der Waals surface area contributed by atoms with Crippen LogP contribution < -0.4 is 15.2 Å². The number of aromatic nitrogens is 1. The zero-order valence-electron chi connectivity index (χ0n) is 17.7. The maximum atomic E-state index is 13.2. The number of hydrogen-bond donors (Lipinski definition) is 3. The predicted octanol–water partition coefficient (Wildman–Crippen LogP) is 3.73. The number of hydrogen-bond acceptors (Lipinski definition) is 5. The minimum atomic E-state index is -4.80. The summed E-state index contributed by atoms with van der Waals surface area (Å²) < 4.78 is 68.5. The van der Waals surface area contributed by atoms with E-state index in [1.807, 2.05) is 0 Å². The summed E-state index contributed by atoms with van der Waals surface area (Å²) in [4.78, 5) is 16.2. The molecule has 0 saturated heterocycles. The third-order valence-electron chi connectivity index (χ3n) is 4.81. The molecule has 1 heterocycles. The number of rotatable bonds is 8. The molecule has 182 valence electrons. The third kappa shape index (κ3) is 6.79. The zero-order valence-corrected chi connectivity index (χ0v) is 19.3. The quantitative estimate of drug-likeness (QED) is 0.420. The van der Waals surface area contributed by atoms with Crippen LogP contribution in [0.15, 0.2) is 52.9 Å². The standard InChI is InChI=1S/C21H20ClF3N4O4S/c1-12(14-7-5-13(6-8-14)10-28-34(26,31)32)19(30)27-11-17-18(15-3-2-4-16(22)9-15)29-20(33-17)21(23,24)25/h2-9,12,28H,10-11H2,1H3,(H,27,30)(H2,26,31,32). The lowest BCUT2D eigenvalue weighted by Crippen LogP contribution is -2.30. The van der Waals surface area contributed by atoms with Gasteiger partial charge in [-0.05, 0) is 30.2 Å². The molecule has 4 N–H and O–H groups in total. The number of nitrogens with one attached hydrogen (secondary N) is 2. The van der Waals surface area contributed by atoms with Gasteiger partial charge in [0.25, 0.3) is 10.2 Å². The molecule has 0 aliphatic heterocycles. The zero-order chi connectivity index (χ0) is 25.1. The van der Waals surface area contributed by atoms with Crippen molar-refractivity contribution in [3.63, 3.8) is 0 Å². The molecule has 0 saturated carbocycles. The summed E-state index contributed by atoms with van der Waals surface area (Å²) in [6, 6.07) is 12.6. The first-order chi connectivity index (χ1) is 15.8. The number of nitrogens with two attached hydrogens (primary N) is 1. The van der Waals surface area contributed by atoms with Crippen LogP contribution >= 0.6 is 11.6 Å². The van der Waals surface area contributed by atoms with Crippen LogP contribution in [0.1, 0.15) is 35.6 Å². The largest absolute Gasteiger partial charge is 0.468 e. The number of alkyl halides is 3. The van der Waals surface area contributed by atoms with Gasteiger partial charge < -0.3 is 9.73 Å². The molecule has 3 rings (SSSR count). The van der Waals surface area contributed by atoms with Gasteiger partial charge in [-0.1, -0.05) is 48.0 Å². The molecule has 1 aromatic heterocycles.